The molecule has 4 unspecified atom stereocenters. The summed E-state index contributed by atoms with van der Waals surface area (Å²) in [6.45, 7) is 8.31. The molecule has 0 spiro atoms. The fourth-order valence-corrected chi connectivity index (χ4v) is 5.47. The third-order valence-corrected chi connectivity index (χ3v) is 6.43. The summed E-state index contributed by atoms with van der Waals surface area (Å²) >= 11 is 1.78. The first kappa shape index (κ1) is 23.6. The molecule has 7 nitrogen and oxygen atoms in total. The number of nitrogens with zero attached hydrogens (tertiary/aromatic N) is 1. The fraction of sp³-hybridized carbons (Fsp3) is 0.455. The Labute approximate surface area is 182 Å². The molecule has 1 saturated heterocycles. The van der Waals surface area contributed by atoms with Gasteiger partial charge < -0.3 is 15.4 Å². The van der Waals surface area contributed by atoms with Crippen LogP contribution in [-0.2, 0) is 9.53 Å². The van der Waals surface area contributed by atoms with E-state index >= 15 is 0 Å². The van der Waals surface area contributed by atoms with Crippen LogP contribution in [0.1, 0.15) is 44.6 Å². The summed E-state index contributed by atoms with van der Waals surface area (Å²) in [6.07, 6.45) is 0.979. The highest BCUT2D eigenvalue weighted by atomic mass is 32.2. The predicted molar refractivity (Wildman–Crippen MR) is 121 cm³/mol. The number of ether oxygens (including phenoxy) is 1. The first-order valence-electron chi connectivity index (χ1n) is 9.93. The number of thioether (sulfide) groups is 1. The van der Waals surface area contributed by atoms with Crippen molar-refractivity contribution in [2.75, 3.05) is 6.54 Å². The van der Waals surface area contributed by atoms with E-state index in [0.29, 0.717) is 6.42 Å². The van der Waals surface area contributed by atoms with Crippen molar-refractivity contribution in [3.8, 4) is 6.07 Å². The molecule has 160 valence electrons. The quantitative estimate of drug-likeness (QED) is 0.208. The monoisotopic (exact) mass is 427 g/mol. The van der Waals surface area contributed by atoms with Gasteiger partial charge in [0.1, 0.15) is 13.0 Å². The normalized spacial score (nSPS) is 21.3. The fourth-order valence-electron chi connectivity index (χ4n) is 3.58. The second kappa shape index (κ2) is 11.5. The molecule has 0 saturated carbocycles. The van der Waals surface area contributed by atoms with Crippen LogP contribution in [0.25, 0.3) is 0 Å². The van der Waals surface area contributed by atoms with E-state index < -0.39 is 5.91 Å². The standard InChI is InChI=1S/C22H29N5O2S/c1-4-16-22(21(14(2)3)15-8-6-5-7-9-15)30-20(27-16)13-18(25)29-17(24)12-19(28)26-11-10-23/h5-9,16,20-22,24-25,27H,2,4,11-13H2,1,3H3,(H,26,28). The lowest BCUT2D eigenvalue weighted by Gasteiger charge is -2.28. The number of carbonyl (C=O) groups excluding carboxylic acids is 1. The van der Waals surface area contributed by atoms with Crippen LogP contribution in [0.5, 0.6) is 0 Å². The Balaban J connectivity index is 1.96. The molecule has 1 aliphatic heterocycles. The van der Waals surface area contributed by atoms with Crippen molar-refractivity contribution in [3.63, 3.8) is 0 Å². The third-order valence-electron chi connectivity index (χ3n) is 4.88. The molecule has 30 heavy (non-hydrogen) atoms. The van der Waals surface area contributed by atoms with Crippen LogP contribution in [0.3, 0.4) is 0 Å². The average Bonchev–Trinajstić information content (AvgIpc) is 3.08. The van der Waals surface area contributed by atoms with Crippen LogP contribution in [-0.4, -0.2) is 40.9 Å². The molecule has 4 atom stereocenters. The number of nitrogens with one attached hydrogen (secondary N) is 4. The molecular formula is C22H29N5O2S. The maximum Gasteiger partial charge on any atom is 0.230 e. The van der Waals surface area contributed by atoms with Crippen molar-refractivity contribution in [1.82, 2.24) is 10.6 Å². The van der Waals surface area contributed by atoms with Gasteiger partial charge in [0.15, 0.2) is 11.8 Å². The summed E-state index contributed by atoms with van der Waals surface area (Å²) in [5.74, 6) is -0.622. The number of nitriles is 1. The van der Waals surface area contributed by atoms with Crippen molar-refractivity contribution in [1.29, 1.82) is 16.1 Å². The molecular weight excluding hydrogens is 398 g/mol. The molecule has 1 aromatic rings. The highest BCUT2D eigenvalue weighted by molar-refractivity contribution is 8.00. The topological polar surface area (TPSA) is 122 Å². The molecule has 1 amide bonds. The van der Waals surface area contributed by atoms with Gasteiger partial charge in [-0.2, -0.15) is 5.26 Å². The van der Waals surface area contributed by atoms with Gasteiger partial charge in [0, 0.05) is 23.6 Å². The molecule has 1 aliphatic rings. The number of benzene rings is 1. The largest absolute Gasteiger partial charge is 0.429 e. The van der Waals surface area contributed by atoms with Crippen molar-refractivity contribution in [2.24, 2.45) is 0 Å². The summed E-state index contributed by atoms with van der Waals surface area (Å²) < 4.78 is 5.21. The zero-order chi connectivity index (χ0) is 22.1. The smallest absolute Gasteiger partial charge is 0.230 e. The molecule has 1 aromatic carbocycles. The Morgan fingerprint density at radius 1 is 1.37 bits per heavy atom. The highest BCUT2D eigenvalue weighted by Crippen LogP contribution is 2.42. The molecule has 0 bridgehead atoms. The Bertz CT molecular complexity index is 821. The maximum atomic E-state index is 11.6. The summed E-state index contributed by atoms with van der Waals surface area (Å²) in [5, 5.41) is 30.5. The third kappa shape index (κ3) is 6.71. The van der Waals surface area contributed by atoms with Crippen molar-refractivity contribution >= 4 is 29.5 Å². The van der Waals surface area contributed by atoms with Gasteiger partial charge >= 0.3 is 0 Å². The maximum absolute atomic E-state index is 11.6. The zero-order valence-corrected chi connectivity index (χ0v) is 18.2. The molecule has 8 heteroatoms. The van der Waals surface area contributed by atoms with Gasteiger partial charge in [0.05, 0.1) is 11.4 Å². The van der Waals surface area contributed by atoms with Crippen LogP contribution < -0.4 is 10.6 Å². The molecule has 1 fully saturated rings. The van der Waals surface area contributed by atoms with Gasteiger partial charge in [-0.25, -0.2) is 0 Å². The second-order valence-corrected chi connectivity index (χ2v) is 8.66. The van der Waals surface area contributed by atoms with Gasteiger partial charge in [0.2, 0.25) is 5.91 Å². The SMILES string of the molecule is C=C(C)C(c1ccccc1)C1SC(CC(=N)OC(=N)CC(=O)NCC#N)NC1CC. The number of allylic oxidation sites excluding steroid dienone is 1. The van der Waals surface area contributed by atoms with Crippen LogP contribution in [0.4, 0.5) is 0 Å². The van der Waals surface area contributed by atoms with E-state index in [0.717, 1.165) is 12.0 Å². The minimum Gasteiger partial charge on any atom is -0.429 e. The van der Waals surface area contributed by atoms with E-state index in [4.69, 9.17) is 20.8 Å². The van der Waals surface area contributed by atoms with E-state index in [2.05, 4.69) is 43.2 Å². The number of hydrogen-bond donors (Lipinski definition) is 4. The average molecular weight is 428 g/mol. The minimum absolute atomic E-state index is 0.0155. The lowest BCUT2D eigenvalue weighted by molar-refractivity contribution is -0.119. The van der Waals surface area contributed by atoms with Crippen molar-refractivity contribution < 1.29 is 9.53 Å². The van der Waals surface area contributed by atoms with Gasteiger partial charge in [-0.1, -0.05) is 49.4 Å². The molecule has 0 radical (unpaired) electrons. The van der Waals surface area contributed by atoms with E-state index in [1.165, 1.54) is 5.56 Å². The van der Waals surface area contributed by atoms with E-state index in [1.807, 2.05) is 18.2 Å². The Kier molecular flexibility index (Phi) is 9.09. The Morgan fingerprint density at radius 2 is 2.07 bits per heavy atom. The molecule has 2 rings (SSSR count). The van der Waals surface area contributed by atoms with E-state index in [1.54, 1.807) is 17.8 Å². The zero-order valence-electron chi connectivity index (χ0n) is 17.4. The Morgan fingerprint density at radius 3 is 2.67 bits per heavy atom. The summed E-state index contributed by atoms with van der Waals surface area (Å²) in [5.41, 5.74) is 2.34. The van der Waals surface area contributed by atoms with E-state index in [-0.39, 0.29) is 47.3 Å². The first-order valence-corrected chi connectivity index (χ1v) is 10.9. The summed E-state index contributed by atoms with van der Waals surface area (Å²) in [4.78, 5) is 11.6. The second-order valence-electron chi connectivity index (χ2n) is 7.27. The lowest BCUT2D eigenvalue weighted by Crippen LogP contribution is -2.36. The number of amides is 1. The number of rotatable bonds is 9. The van der Waals surface area contributed by atoms with Gasteiger partial charge in [-0.3, -0.25) is 15.6 Å². The predicted octanol–water partition coefficient (Wildman–Crippen LogP) is 3.55. The minimum atomic E-state index is -0.471. The van der Waals surface area contributed by atoms with Gasteiger partial charge in [-0.05, 0) is 18.9 Å². The molecule has 0 aliphatic carbocycles. The van der Waals surface area contributed by atoms with Crippen molar-refractivity contribution in [2.45, 2.75) is 55.7 Å². The number of hydrogen-bond acceptors (Lipinski definition) is 7. The molecule has 0 aromatic heterocycles. The van der Waals surface area contributed by atoms with Crippen LogP contribution in [0.15, 0.2) is 42.5 Å². The lowest BCUT2D eigenvalue weighted by atomic mass is 9.86. The number of carbonyl (C=O) groups is 1. The highest BCUT2D eigenvalue weighted by Gasteiger charge is 2.39. The van der Waals surface area contributed by atoms with Gasteiger partial charge in [-0.15, -0.1) is 11.8 Å². The van der Waals surface area contributed by atoms with E-state index in [9.17, 15) is 4.79 Å². The van der Waals surface area contributed by atoms with Crippen LogP contribution >= 0.6 is 11.8 Å². The van der Waals surface area contributed by atoms with Crippen molar-refractivity contribution in [3.05, 3.63) is 48.0 Å². The summed E-state index contributed by atoms with van der Waals surface area (Å²) in [7, 11) is 0. The van der Waals surface area contributed by atoms with Crippen LogP contribution in [0.2, 0.25) is 0 Å². The van der Waals surface area contributed by atoms with Crippen LogP contribution in [0, 0.1) is 22.1 Å². The Hall–Kier alpha value is -2.63. The van der Waals surface area contributed by atoms with Gasteiger partial charge in [0.25, 0.3) is 0 Å². The summed E-state index contributed by atoms with van der Waals surface area (Å²) in [6, 6.07) is 12.4. The molecule has 1 heterocycles. The molecule has 4 N–H and O–H groups in total. The first-order chi connectivity index (χ1) is 14.3.